The smallest absolute Gasteiger partial charge is 0.137 e. The average Bonchev–Trinajstić information content (AvgIpc) is 3.47. The van der Waals surface area contributed by atoms with E-state index >= 15 is 0 Å². The molecule has 0 aliphatic carbocycles. The molecule has 156 valence electrons. The molecule has 4 rings (SSSR count). The van der Waals surface area contributed by atoms with Crippen LogP contribution in [0.3, 0.4) is 0 Å². The van der Waals surface area contributed by atoms with Gasteiger partial charge in [-0.05, 0) is 30.3 Å². The summed E-state index contributed by atoms with van der Waals surface area (Å²) in [7, 11) is 0. The van der Waals surface area contributed by atoms with Crippen LogP contribution >= 0.6 is 11.3 Å². The highest BCUT2D eigenvalue weighted by Gasteiger charge is 2.41. The number of rotatable bonds is 6. The Morgan fingerprint density at radius 3 is 2.68 bits per heavy atom. The molecular formula is C22H17F2N5OS. The minimum Gasteiger partial charge on any atom is -0.382 e. The lowest BCUT2D eigenvalue weighted by Gasteiger charge is -2.33. The Kier molecular flexibility index (Phi) is 5.59. The molecule has 0 fully saturated rings. The minimum absolute atomic E-state index is 0.139. The second-order valence-corrected chi connectivity index (χ2v) is 8.01. The van der Waals surface area contributed by atoms with Crippen LogP contribution in [0.1, 0.15) is 29.0 Å². The molecule has 2 atom stereocenters. The summed E-state index contributed by atoms with van der Waals surface area (Å²) in [5.74, 6) is -2.07. The Hall–Kier alpha value is -3.48. The van der Waals surface area contributed by atoms with Crippen LogP contribution in [0.25, 0.3) is 11.3 Å². The number of hydrogen-bond donors (Lipinski definition) is 1. The normalized spacial score (nSPS) is 14.0. The number of halogens is 2. The van der Waals surface area contributed by atoms with Crippen LogP contribution in [0, 0.1) is 23.0 Å². The summed E-state index contributed by atoms with van der Waals surface area (Å²) in [5, 5.41) is 27.0. The number of benzene rings is 2. The number of aromatic nitrogens is 4. The molecule has 0 spiro atoms. The zero-order chi connectivity index (χ0) is 22.0. The fraction of sp³-hybridized carbons (Fsp3) is 0.182. The van der Waals surface area contributed by atoms with Crippen molar-refractivity contribution in [2.24, 2.45) is 0 Å². The first-order valence-electron chi connectivity index (χ1n) is 9.37. The fourth-order valence-electron chi connectivity index (χ4n) is 3.38. The minimum atomic E-state index is -1.83. The average molecular weight is 437 g/mol. The maximum atomic E-state index is 14.7. The van der Waals surface area contributed by atoms with Crippen molar-refractivity contribution in [3.8, 4) is 17.3 Å². The SMILES string of the molecule is C[C@@H](c1nc(-c2ccc(C#N)cc2)cs1)[C@@](O)(Cn1cncn1)c1cc(F)ccc1F. The standard InChI is InChI=1S/C22H17F2N5OS/c1-14(21-28-20(10-31-21)16-4-2-15(9-25)3-5-16)22(30,11-29-13-26-12-27-29)18-8-17(23)6-7-19(18)24/h2-8,10,12-14,30H,11H2,1H3/t14-,22-/m0/s1. The molecule has 0 bridgehead atoms. The summed E-state index contributed by atoms with van der Waals surface area (Å²) in [6.45, 7) is 1.57. The molecule has 0 unspecified atom stereocenters. The quantitative estimate of drug-likeness (QED) is 0.487. The van der Waals surface area contributed by atoms with Gasteiger partial charge in [-0.3, -0.25) is 0 Å². The van der Waals surface area contributed by atoms with E-state index in [1.807, 2.05) is 5.38 Å². The van der Waals surface area contributed by atoms with Crippen molar-refractivity contribution in [3.63, 3.8) is 0 Å². The van der Waals surface area contributed by atoms with Crippen molar-refractivity contribution in [1.82, 2.24) is 19.7 Å². The predicted molar refractivity (Wildman–Crippen MR) is 111 cm³/mol. The van der Waals surface area contributed by atoms with Crippen LogP contribution in [0.4, 0.5) is 8.78 Å². The first kappa shape index (κ1) is 20.8. The highest BCUT2D eigenvalue weighted by molar-refractivity contribution is 7.10. The van der Waals surface area contributed by atoms with Gasteiger partial charge in [-0.1, -0.05) is 19.1 Å². The molecule has 31 heavy (non-hydrogen) atoms. The van der Waals surface area contributed by atoms with Crippen LogP contribution in [-0.4, -0.2) is 24.9 Å². The van der Waals surface area contributed by atoms with Crippen molar-refractivity contribution in [3.05, 3.63) is 88.3 Å². The summed E-state index contributed by atoms with van der Waals surface area (Å²) < 4.78 is 30.0. The van der Waals surface area contributed by atoms with Crippen molar-refractivity contribution >= 4 is 11.3 Å². The van der Waals surface area contributed by atoms with Crippen LogP contribution in [0.2, 0.25) is 0 Å². The summed E-state index contributed by atoms with van der Waals surface area (Å²) >= 11 is 1.31. The third kappa shape index (κ3) is 4.08. The Balaban J connectivity index is 1.74. The first-order chi connectivity index (χ1) is 14.9. The van der Waals surface area contributed by atoms with Gasteiger partial charge in [-0.25, -0.2) is 23.4 Å². The zero-order valence-corrected chi connectivity index (χ0v) is 17.2. The number of thiazole rings is 1. The molecule has 0 saturated carbocycles. The van der Waals surface area contributed by atoms with E-state index in [4.69, 9.17) is 5.26 Å². The van der Waals surface area contributed by atoms with Crippen LogP contribution in [-0.2, 0) is 12.1 Å². The van der Waals surface area contributed by atoms with Gasteiger partial charge >= 0.3 is 0 Å². The summed E-state index contributed by atoms with van der Waals surface area (Å²) in [4.78, 5) is 8.49. The van der Waals surface area contributed by atoms with E-state index in [1.54, 1.807) is 31.2 Å². The second-order valence-electron chi connectivity index (χ2n) is 7.12. The first-order valence-corrected chi connectivity index (χ1v) is 10.2. The molecule has 0 amide bonds. The van der Waals surface area contributed by atoms with Gasteiger partial charge in [0.05, 0.1) is 28.9 Å². The molecule has 0 aliphatic heterocycles. The summed E-state index contributed by atoms with van der Waals surface area (Å²) in [6.07, 6.45) is 2.71. The van der Waals surface area contributed by atoms with Crippen molar-refractivity contribution in [2.75, 3.05) is 0 Å². The third-order valence-corrected chi connectivity index (χ3v) is 6.21. The van der Waals surface area contributed by atoms with E-state index in [-0.39, 0.29) is 12.1 Å². The molecule has 0 saturated heterocycles. The molecule has 2 aromatic heterocycles. The molecule has 9 heteroatoms. The van der Waals surface area contributed by atoms with Gasteiger partial charge in [0.15, 0.2) is 0 Å². The molecule has 6 nitrogen and oxygen atoms in total. The van der Waals surface area contributed by atoms with E-state index < -0.39 is 23.2 Å². The summed E-state index contributed by atoms with van der Waals surface area (Å²) in [5.41, 5.74) is 0.00578. The monoisotopic (exact) mass is 437 g/mol. The number of nitriles is 1. The van der Waals surface area contributed by atoms with Gasteiger partial charge in [0.25, 0.3) is 0 Å². The lowest BCUT2D eigenvalue weighted by atomic mass is 9.82. The maximum Gasteiger partial charge on any atom is 0.137 e. The van der Waals surface area contributed by atoms with Gasteiger partial charge in [0.2, 0.25) is 0 Å². The molecule has 4 aromatic rings. The van der Waals surface area contributed by atoms with Crippen LogP contribution in [0.5, 0.6) is 0 Å². The molecular weight excluding hydrogens is 420 g/mol. The molecule has 0 aliphatic rings. The van der Waals surface area contributed by atoms with Gasteiger partial charge in [0.1, 0.15) is 29.9 Å². The van der Waals surface area contributed by atoms with E-state index in [9.17, 15) is 13.9 Å². The van der Waals surface area contributed by atoms with Crippen LogP contribution in [0.15, 0.2) is 60.5 Å². The Morgan fingerprint density at radius 1 is 1.23 bits per heavy atom. The largest absolute Gasteiger partial charge is 0.382 e. The molecule has 0 radical (unpaired) electrons. The van der Waals surface area contributed by atoms with Gasteiger partial charge in [-0.2, -0.15) is 10.4 Å². The highest BCUT2D eigenvalue weighted by Crippen LogP contribution is 2.41. The summed E-state index contributed by atoms with van der Waals surface area (Å²) in [6, 6.07) is 12.0. The van der Waals surface area contributed by atoms with Gasteiger partial charge in [-0.15, -0.1) is 11.3 Å². The number of nitrogens with zero attached hydrogens (tertiary/aromatic N) is 5. The van der Waals surface area contributed by atoms with Crippen molar-refractivity contribution in [1.29, 1.82) is 5.26 Å². The lowest BCUT2D eigenvalue weighted by molar-refractivity contribution is -0.0114. The van der Waals surface area contributed by atoms with Crippen molar-refractivity contribution < 1.29 is 13.9 Å². The Bertz CT molecular complexity index is 1230. The maximum absolute atomic E-state index is 14.7. The van der Waals surface area contributed by atoms with E-state index in [2.05, 4.69) is 21.1 Å². The molecule has 2 heterocycles. The van der Waals surface area contributed by atoms with E-state index in [0.717, 1.165) is 23.8 Å². The van der Waals surface area contributed by atoms with Gasteiger partial charge < -0.3 is 5.11 Å². The third-order valence-electron chi connectivity index (χ3n) is 5.18. The second kappa shape index (κ2) is 8.34. The fourth-order valence-corrected chi connectivity index (χ4v) is 4.36. The predicted octanol–water partition coefficient (Wildman–Crippen LogP) is 4.24. The lowest BCUT2D eigenvalue weighted by Crippen LogP contribution is -2.38. The molecule has 1 N–H and O–H groups in total. The molecule has 2 aromatic carbocycles. The Labute approximate surface area is 181 Å². The zero-order valence-electron chi connectivity index (χ0n) is 16.4. The van der Waals surface area contributed by atoms with E-state index in [1.165, 1.54) is 28.7 Å². The van der Waals surface area contributed by atoms with Crippen LogP contribution < -0.4 is 0 Å². The van der Waals surface area contributed by atoms with Gasteiger partial charge in [0, 0.05) is 22.4 Å². The van der Waals surface area contributed by atoms with Crippen molar-refractivity contribution in [2.45, 2.75) is 25.0 Å². The Morgan fingerprint density at radius 2 is 2.00 bits per heavy atom. The number of hydrogen-bond acceptors (Lipinski definition) is 6. The highest BCUT2D eigenvalue weighted by atomic mass is 32.1. The van der Waals surface area contributed by atoms with E-state index in [0.29, 0.717) is 16.3 Å². The topological polar surface area (TPSA) is 87.6 Å². The number of aliphatic hydroxyl groups is 1.